The molecule has 0 bridgehead atoms. The third kappa shape index (κ3) is 4.93. The molecule has 0 N–H and O–H groups in total. The molecule has 0 radical (unpaired) electrons. The smallest absolute Gasteiger partial charge is 0.236 e. The maximum absolute atomic E-state index is 12.5. The van der Waals surface area contributed by atoms with E-state index in [0.717, 1.165) is 65.2 Å². The van der Waals surface area contributed by atoms with Crippen LogP contribution in [0.25, 0.3) is 0 Å². The molecule has 3 heterocycles. The molecule has 0 atom stereocenters. The van der Waals surface area contributed by atoms with Crippen molar-refractivity contribution in [1.82, 2.24) is 19.6 Å². The van der Waals surface area contributed by atoms with Crippen LogP contribution in [0.4, 0.5) is 0 Å². The van der Waals surface area contributed by atoms with E-state index in [4.69, 9.17) is 0 Å². The van der Waals surface area contributed by atoms with Gasteiger partial charge in [0.15, 0.2) is 0 Å². The summed E-state index contributed by atoms with van der Waals surface area (Å²) in [5.74, 6) is 0.532. The molecule has 0 spiro atoms. The quantitative estimate of drug-likeness (QED) is 0.755. The van der Waals surface area contributed by atoms with Gasteiger partial charge in [0.2, 0.25) is 11.8 Å². The molecule has 0 aliphatic carbocycles. The van der Waals surface area contributed by atoms with E-state index >= 15 is 0 Å². The largest absolute Gasteiger partial charge is 0.342 e. The first-order valence-corrected chi connectivity index (χ1v) is 9.72. The minimum atomic E-state index is 0.260. The van der Waals surface area contributed by atoms with E-state index in [1.165, 1.54) is 25.7 Å². The molecule has 3 aliphatic rings. The van der Waals surface area contributed by atoms with Gasteiger partial charge in [0, 0.05) is 39.3 Å². The minimum absolute atomic E-state index is 0.260. The fraction of sp³-hybridized carbons (Fsp3) is 0.889. The summed E-state index contributed by atoms with van der Waals surface area (Å²) in [6.45, 7) is 8.25. The summed E-state index contributed by atoms with van der Waals surface area (Å²) in [6.07, 6.45) is 7.23. The lowest BCUT2D eigenvalue weighted by atomic mass is 10.2. The molecule has 3 fully saturated rings. The minimum Gasteiger partial charge on any atom is -0.342 e. The van der Waals surface area contributed by atoms with Gasteiger partial charge in [-0.05, 0) is 38.8 Å². The Kier molecular flexibility index (Phi) is 6.49. The van der Waals surface area contributed by atoms with E-state index in [-0.39, 0.29) is 11.8 Å². The Labute approximate surface area is 145 Å². The number of hydrogen-bond acceptors (Lipinski definition) is 4. The van der Waals surface area contributed by atoms with Crippen LogP contribution >= 0.6 is 0 Å². The molecule has 2 amide bonds. The summed E-state index contributed by atoms with van der Waals surface area (Å²) in [7, 11) is 0. The zero-order valence-corrected chi connectivity index (χ0v) is 14.9. The van der Waals surface area contributed by atoms with Gasteiger partial charge in [0.05, 0.1) is 13.1 Å². The topological polar surface area (TPSA) is 47.1 Å². The molecular formula is C18H32N4O2. The van der Waals surface area contributed by atoms with Crippen molar-refractivity contribution in [2.45, 2.75) is 38.5 Å². The number of rotatable bonds is 4. The lowest BCUT2D eigenvalue weighted by Gasteiger charge is -2.36. The second kappa shape index (κ2) is 8.81. The van der Waals surface area contributed by atoms with Gasteiger partial charge in [-0.15, -0.1) is 0 Å². The van der Waals surface area contributed by atoms with Crippen molar-refractivity contribution in [1.29, 1.82) is 0 Å². The zero-order chi connectivity index (χ0) is 16.8. The third-order valence-electron chi connectivity index (χ3n) is 5.60. The van der Waals surface area contributed by atoms with Crippen LogP contribution in [0.1, 0.15) is 38.5 Å². The highest BCUT2D eigenvalue weighted by Gasteiger charge is 2.26. The number of hydrogen-bond donors (Lipinski definition) is 0. The van der Waals surface area contributed by atoms with Crippen LogP contribution in [0.15, 0.2) is 0 Å². The van der Waals surface area contributed by atoms with E-state index in [2.05, 4.69) is 9.80 Å². The molecular weight excluding hydrogens is 304 g/mol. The van der Waals surface area contributed by atoms with Crippen LogP contribution < -0.4 is 0 Å². The Morgan fingerprint density at radius 2 is 0.917 bits per heavy atom. The Balaban J connectivity index is 1.38. The average Bonchev–Trinajstić information content (AvgIpc) is 2.94. The molecule has 3 saturated heterocycles. The molecule has 0 unspecified atom stereocenters. The molecule has 6 heteroatoms. The fourth-order valence-corrected chi connectivity index (χ4v) is 4.00. The molecule has 3 rings (SSSR count). The van der Waals surface area contributed by atoms with Crippen LogP contribution in [0.2, 0.25) is 0 Å². The number of piperazine rings is 1. The van der Waals surface area contributed by atoms with Crippen molar-refractivity contribution in [3.8, 4) is 0 Å². The van der Waals surface area contributed by atoms with Crippen molar-refractivity contribution >= 4 is 11.8 Å². The van der Waals surface area contributed by atoms with Gasteiger partial charge in [0.25, 0.3) is 0 Å². The highest BCUT2D eigenvalue weighted by Crippen LogP contribution is 2.12. The summed E-state index contributed by atoms with van der Waals surface area (Å²) in [6, 6.07) is 0. The van der Waals surface area contributed by atoms with Crippen molar-refractivity contribution in [2.24, 2.45) is 0 Å². The number of amides is 2. The van der Waals surface area contributed by atoms with Crippen LogP contribution in [0.5, 0.6) is 0 Å². The fourth-order valence-electron chi connectivity index (χ4n) is 4.00. The molecule has 3 aliphatic heterocycles. The van der Waals surface area contributed by atoms with Crippen LogP contribution in [0, 0.1) is 0 Å². The normalized spacial score (nSPS) is 24.2. The summed E-state index contributed by atoms with van der Waals surface area (Å²) < 4.78 is 0. The monoisotopic (exact) mass is 336 g/mol. The second-order valence-electron chi connectivity index (χ2n) is 7.44. The van der Waals surface area contributed by atoms with Crippen molar-refractivity contribution in [3.63, 3.8) is 0 Å². The second-order valence-corrected chi connectivity index (χ2v) is 7.44. The number of likely N-dealkylation sites (tertiary alicyclic amines) is 2. The van der Waals surface area contributed by atoms with Crippen molar-refractivity contribution < 1.29 is 9.59 Å². The van der Waals surface area contributed by atoms with Gasteiger partial charge in [-0.2, -0.15) is 0 Å². The maximum Gasteiger partial charge on any atom is 0.236 e. The first kappa shape index (κ1) is 17.7. The number of nitrogens with zero attached hydrogens (tertiary/aromatic N) is 4. The number of carbonyl (C=O) groups excluding carboxylic acids is 2. The van der Waals surface area contributed by atoms with E-state index in [1.807, 2.05) is 9.80 Å². The van der Waals surface area contributed by atoms with Crippen molar-refractivity contribution in [3.05, 3.63) is 0 Å². The Hall–Kier alpha value is -1.14. The standard InChI is InChI=1S/C18H32N4O2/c23-17(21-9-3-1-2-4-10-21)16-20-11-13-22(14-12-20)18(24)15-19-7-5-6-8-19/h1-16H2. The third-order valence-corrected chi connectivity index (χ3v) is 5.60. The first-order valence-electron chi connectivity index (χ1n) is 9.72. The van der Waals surface area contributed by atoms with Crippen LogP contribution in [-0.4, -0.2) is 96.9 Å². The predicted molar refractivity (Wildman–Crippen MR) is 93.7 cm³/mol. The highest BCUT2D eigenvalue weighted by atomic mass is 16.2. The van der Waals surface area contributed by atoms with E-state index in [0.29, 0.717) is 13.1 Å². The lowest BCUT2D eigenvalue weighted by molar-refractivity contribution is -0.135. The molecule has 0 aromatic carbocycles. The van der Waals surface area contributed by atoms with E-state index in [1.54, 1.807) is 0 Å². The molecule has 0 saturated carbocycles. The van der Waals surface area contributed by atoms with Crippen molar-refractivity contribution in [2.75, 3.05) is 65.4 Å². The lowest BCUT2D eigenvalue weighted by Crippen LogP contribution is -2.53. The Bertz CT molecular complexity index is 421. The van der Waals surface area contributed by atoms with Crippen LogP contribution in [-0.2, 0) is 9.59 Å². The van der Waals surface area contributed by atoms with Gasteiger partial charge >= 0.3 is 0 Å². The molecule has 0 aromatic rings. The highest BCUT2D eigenvalue weighted by molar-refractivity contribution is 5.79. The van der Waals surface area contributed by atoms with Gasteiger partial charge in [-0.25, -0.2) is 0 Å². The average molecular weight is 336 g/mol. The Morgan fingerprint density at radius 3 is 1.46 bits per heavy atom. The molecule has 6 nitrogen and oxygen atoms in total. The SMILES string of the molecule is O=C(CN1CCN(C(=O)CN2CCCC2)CC1)N1CCCCCC1. The zero-order valence-electron chi connectivity index (χ0n) is 14.9. The van der Waals surface area contributed by atoms with Crippen LogP contribution in [0.3, 0.4) is 0 Å². The number of carbonyl (C=O) groups is 2. The van der Waals surface area contributed by atoms with Gasteiger partial charge in [0.1, 0.15) is 0 Å². The summed E-state index contributed by atoms with van der Waals surface area (Å²) in [5, 5.41) is 0. The van der Waals surface area contributed by atoms with Gasteiger partial charge in [-0.1, -0.05) is 12.8 Å². The first-order chi connectivity index (χ1) is 11.7. The summed E-state index contributed by atoms with van der Waals surface area (Å²) in [4.78, 5) is 33.3. The van der Waals surface area contributed by atoms with Gasteiger partial charge < -0.3 is 9.80 Å². The van der Waals surface area contributed by atoms with E-state index in [9.17, 15) is 9.59 Å². The predicted octanol–water partition coefficient (Wildman–Crippen LogP) is 0.629. The summed E-state index contributed by atoms with van der Waals surface area (Å²) >= 11 is 0. The molecule has 0 aromatic heterocycles. The molecule has 24 heavy (non-hydrogen) atoms. The molecule has 136 valence electrons. The van der Waals surface area contributed by atoms with E-state index < -0.39 is 0 Å². The Morgan fingerprint density at radius 1 is 0.500 bits per heavy atom. The van der Waals surface area contributed by atoms with Gasteiger partial charge in [-0.3, -0.25) is 19.4 Å². The maximum atomic E-state index is 12.5. The summed E-state index contributed by atoms with van der Waals surface area (Å²) in [5.41, 5.74) is 0.